The number of fused-ring (bicyclic) bond motifs is 1. The van der Waals surface area contributed by atoms with Gasteiger partial charge in [0, 0.05) is 20.6 Å². The van der Waals surface area contributed by atoms with Crippen LogP contribution in [0.15, 0.2) is 88.9 Å². The molecule has 37 heavy (non-hydrogen) atoms. The van der Waals surface area contributed by atoms with Crippen LogP contribution in [0.4, 0.5) is 10.5 Å². The van der Waals surface area contributed by atoms with Gasteiger partial charge in [0.25, 0.3) is 11.8 Å². The molecule has 5 rings (SSSR count). The average Bonchev–Trinajstić information content (AvgIpc) is 2.88. The average molecular weight is 576 g/mol. The third-order valence-corrected chi connectivity index (χ3v) is 7.33. The number of benzene rings is 4. The molecule has 8 heteroatoms. The van der Waals surface area contributed by atoms with Gasteiger partial charge in [-0.05, 0) is 53.6 Å². The summed E-state index contributed by atoms with van der Waals surface area (Å²) in [6.07, 6.45) is 1.48. The molecule has 0 unspecified atom stereocenters. The largest absolute Gasteiger partial charge is 0.488 e. The van der Waals surface area contributed by atoms with Crippen LogP contribution in [0.1, 0.15) is 16.7 Å². The van der Waals surface area contributed by atoms with Crippen molar-refractivity contribution < 1.29 is 19.1 Å². The molecule has 1 fully saturated rings. The van der Waals surface area contributed by atoms with E-state index in [1.165, 1.54) is 6.08 Å². The number of ether oxygens (including phenoxy) is 1. The summed E-state index contributed by atoms with van der Waals surface area (Å²) in [4.78, 5) is 40.1. The lowest BCUT2D eigenvalue weighted by Gasteiger charge is -2.28. The monoisotopic (exact) mass is 574 g/mol. The number of halogens is 2. The summed E-state index contributed by atoms with van der Waals surface area (Å²) in [7, 11) is 0. The highest BCUT2D eigenvalue weighted by molar-refractivity contribution is 9.10. The Hall–Kier alpha value is -3.94. The number of rotatable bonds is 5. The van der Waals surface area contributed by atoms with E-state index in [4.69, 9.17) is 16.3 Å². The fraction of sp³-hybridized carbons (Fsp3) is 0.0690. The number of barbiturate groups is 1. The van der Waals surface area contributed by atoms with E-state index in [2.05, 4.69) is 21.2 Å². The van der Waals surface area contributed by atoms with Gasteiger partial charge in [0.15, 0.2) is 0 Å². The summed E-state index contributed by atoms with van der Waals surface area (Å²) in [6, 6.07) is 23.1. The van der Waals surface area contributed by atoms with Gasteiger partial charge in [-0.2, -0.15) is 0 Å². The van der Waals surface area contributed by atoms with Crippen molar-refractivity contribution in [3.05, 3.63) is 111 Å². The Morgan fingerprint density at radius 1 is 0.946 bits per heavy atom. The molecule has 0 aliphatic carbocycles. The number of hydrogen-bond acceptors (Lipinski definition) is 4. The Morgan fingerprint density at radius 3 is 2.51 bits per heavy atom. The molecule has 0 atom stereocenters. The first kappa shape index (κ1) is 24.7. The van der Waals surface area contributed by atoms with Gasteiger partial charge in [0.2, 0.25) is 0 Å². The standard InChI is InChI=1S/C29H20BrClN2O4/c1-17-24(31)11-6-12-25(17)33-28(35)22(27(34)32-29(33)36)15-21-20-9-4-2-7-18(20)13-14-26(21)37-16-19-8-3-5-10-23(19)30/h2-15H,16H2,1H3,(H,32,34,36)/b22-15+. The van der Waals surface area contributed by atoms with Gasteiger partial charge in [0.1, 0.15) is 17.9 Å². The van der Waals surface area contributed by atoms with Crippen LogP contribution in [-0.4, -0.2) is 17.8 Å². The van der Waals surface area contributed by atoms with Crippen LogP contribution in [0.5, 0.6) is 5.75 Å². The molecule has 4 aromatic rings. The summed E-state index contributed by atoms with van der Waals surface area (Å²) in [5.74, 6) is -1.04. The Labute approximate surface area is 226 Å². The highest BCUT2D eigenvalue weighted by Gasteiger charge is 2.38. The third-order valence-electron chi connectivity index (χ3n) is 6.14. The Morgan fingerprint density at radius 2 is 1.70 bits per heavy atom. The van der Waals surface area contributed by atoms with E-state index >= 15 is 0 Å². The summed E-state index contributed by atoms with van der Waals surface area (Å²) < 4.78 is 7.08. The molecule has 1 aliphatic rings. The first-order chi connectivity index (χ1) is 17.8. The molecule has 1 saturated heterocycles. The number of amides is 4. The van der Waals surface area contributed by atoms with E-state index in [1.807, 2.05) is 54.6 Å². The van der Waals surface area contributed by atoms with Crippen molar-refractivity contribution >= 4 is 67.9 Å². The van der Waals surface area contributed by atoms with E-state index in [0.29, 0.717) is 27.6 Å². The van der Waals surface area contributed by atoms with Crippen LogP contribution in [0.25, 0.3) is 16.8 Å². The lowest BCUT2D eigenvalue weighted by molar-refractivity contribution is -0.122. The first-order valence-electron chi connectivity index (χ1n) is 11.4. The summed E-state index contributed by atoms with van der Waals surface area (Å²) >= 11 is 9.77. The Balaban J connectivity index is 1.61. The Kier molecular flexibility index (Phi) is 6.82. The molecule has 1 N–H and O–H groups in total. The molecule has 1 heterocycles. The van der Waals surface area contributed by atoms with Crippen LogP contribution in [0.2, 0.25) is 5.02 Å². The second-order valence-electron chi connectivity index (χ2n) is 8.42. The minimum absolute atomic E-state index is 0.193. The molecule has 0 saturated carbocycles. The summed E-state index contributed by atoms with van der Waals surface area (Å²) in [5.41, 5.74) is 2.15. The Bertz CT molecular complexity index is 1620. The number of nitrogens with one attached hydrogen (secondary N) is 1. The van der Waals surface area contributed by atoms with Crippen molar-refractivity contribution in [2.45, 2.75) is 13.5 Å². The molecule has 0 radical (unpaired) electrons. The molecular formula is C29H20BrClN2O4. The maximum atomic E-state index is 13.6. The molecule has 6 nitrogen and oxygen atoms in total. The minimum atomic E-state index is -0.833. The van der Waals surface area contributed by atoms with Gasteiger partial charge >= 0.3 is 6.03 Å². The van der Waals surface area contributed by atoms with E-state index in [-0.39, 0.29) is 12.2 Å². The smallest absolute Gasteiger partial charge is 0.335 e. The van der Waals surface area contributed by atoms with Crippen molar-refractivity contribution in [1.82, 2.24) is 5.32 Å². The maximum Gasteiger partial charge on any atom is 0.335 e. The van der Waals surface area contributed by atoms with E-state index in [1.54, 1.807) is 31.2 Å². The summed E-state index contributed by atoms with van der Waals surface area (Å²) in [6.45, 7) is 1.97. The van der Waals surface area contributed by atoms with Gasteiger partial charge in [-0.3, -0.25) is 14.9 Å². The van der Waals surface area contributed by atoms with Crippen molar-refractivity contribution in [3.63, 3.8) is 0 Å². The fourth-order valence-corrected chi connectivity index (χ4v) is 4.75. The molecule has 0 aromatic heterocycles. The van der Waals surface area contributed by atoms with Gasteiger partial charge in [-0.25, -0.2) is 9.69 Å². The second kappa shape index (κ2) is 10.2. The third kappa shape index (κ3) is 4.75. The van der Waals surface area contributed by atoms with Crippen LogP contribution in [0.3, 0.4) is 0 Å². The predicted molar refractivity (Wildman–Crippen MR) is 148 cm³/mol. The SMILES string of the molecule is Cc1c(Cl)cccc1N1C(=O)NC(=O)/C(=C\c2c(OCc3ccccc3Br)ccc3ccccc23)C1=O. The molecule has 0 bridgehead atoms. The lowest BCUT2D eigenvalue weighted by atomic mass is 9.99. The number of imide groups is 2. The maximum absolute atomic E-state index is 13.6. The molecule has 0 spiro atoms. The second-order valence-corrected chi connectivity index (χ2v) is 9.68. The minimum Gasteiger partial charge on any atom is -0.488 e. The number of carbonyl (C=O) groups is 3. The first-order valence-corrected chi connectivity index (χ1v) is 12.6. The van der Waals surface area contributed by atoms with Gasteiger partial charge < -0.3 is 4.74 Å². The topological polar surface area (TPSA) is 75.7 Å². The summed E-state index contributed by atoms with van der Waals surface area (Å²) in [5, 5.41) is 4.38. The van der Waals surface area contributed by atoms with Crippen LogP contribution >= 0.6 is 27.5 Å². The number of hydrogen-bond donors (Lipinski definition) is 1. The normalized spacial score (nSPS) is 14.8. The van der Waals surface area contributed by atoms with Crippen LogP contribution in [0, 0.1) is 6.92 Å². The van der Waals surface area contributed by atoms with E-state index in [9.17, 15) is 14.4 Å². The van der Waals surface area contributed by atoms with Crippen LogP contribution in [-0.2, 0) is 16.2 Å². The zero-order chi connectivity index (χ0) is 26.1. The molecule has 184 valence electrons. The highest BCUT2D eigenvalue weighted by Crippen LogP contribution is 2.34. The van der Waals surface area contributed by atoms with E-state index in [0.717, 1.165) is 25.7 Å². The van der Waals surface area contributed by atoms with Crippen molar-refractivity contribution in [3.8, 4) is 5.75 Å². The molecular weight excluding hydrogens is 556 g/mol. The number of nitrogens with zero attached hydrogens (tertiary/aromatic N) is 1. The van der Waals surface area contributed by atoms with Gasteiger partial charge in [-0.15, -0.1) is 0 Å². The number of urea groups is 1. The van der Waals surface area contributed by atoms with Crippen LogP contribution < -0.4 is 15.0 Å². The van der Waals surface area contributed by atoms with Gasteiger partial charge in [0.05, 0.1) is 5.69 Å². The zero-order valence-electron chi connectivity index (χ0n) is 19.6. The molecule has 1 aliphatic heterocycles. The molecule has 4 amide bonds. The van der Waals surface area contributed by atoms with Gasteiger partial charge in [-0.1, -0.05) is 82.1 Å². The highest BCUT2D eigenvalue weighted by atomic mass is 79.9. The van der Waals surface area contributed by atoms with Crippen molar-refractivity contribution in [1.29, 1.82) is 0 Å². The fourth-order valence-electron chi connectivity index (χ4n) is 4.18. The quantitative estimate of drug-likeness (QED) is 0.210. The van der Waals surface area contributed by atoms with Crippen molar-refractivity contribution in [2.24, 2.45) is 0 Å². The predicted octanol–water partition coefficient (Wildman–Crippen LogP) is 6.81. The number of anilines is 1. The lowest BCUT2D eigenvalue weighted by Crippen LogP contribution is -2.54. The number of carbonyl (C=O) groups excluding carboxylic acids is 3. The zero-order valence-corrected chi connectivity index (χ0v) is 22.0. The van der Waals surface area contributed by atoms with E-state index < -0.39 is 17.8 Å². The van der Waals surface area contributed by atoms with Crippen molar-refractivity contribution in [2.75, 3.05) is 4.90 Å². The molecule has 4 aromatic carbocycles.